The van der Waals surface area contributed by atoms with Crippen LogP contribution in [0.5, 0.6) is 5.88 Å². The van der Waals surface area contributed by atoms with Crippen LogP contribution < -0.4 is 9.64 Å². The van der Waals surface area contributed by atoms with Gasteiger partial charge in [0.2, 0.25) is 11.8 Å². The normalized spacial score (nSPS) is 19.7. The molecule has 126 valence electrons. The summed E-state index contributed by atoms with van der Waals surface area (Å²) in [5, 5.41) is 8.30. The lowest BCUT2D eigenvalue weighted by molar-refractivity contribution is -0.136. The van der Waals surface area contributed by atoms with Gasteiger partial charge in [-0.2, -0.15) is 0 Å². The largest absolute Gasteiger partial charge is 0.477 e. The zero-order chi connectivity index (χ0) is 16.1. The Hall–Kier alpha value is -1.85. The van der Waals surface area contributed by atoms with E-state index in [4.69, 9.17) is 4.74 Å². The SMILES string of the molecule is CCOc1ccc(N2CCN(C(=O)C3CCCCC3)CC2)nn1. The number of rotatable bonds is 4. The van der Waals surface area contributed by atoms with Crippen LogP contribution in [-0.2, 0) is 4.79 Å². The second-order valence-corrected chi connectivity index (χ2v) is 6.31. The molecule has 1 aromatic heterocycles. The van der Waals surface area contributed by atoms with Crippen molar-refractivity contribution in [3.63, 3.8) is 0 Å². The summed E-state index contributed by atoms with van der Waals surface area (Å²) in [5.41, 5.74) is 0. The minimum Gasteiger partial charge on any atom is -0.477 e. The van der Waals surface area contributed by atoms with Gasteiger partial charge in [-0.1, -0.05) is 19.3 Å². The molecule has 1 amide bonds. The maximum Gasteiger partial charge on any atom is 0.233 e. The first-order valence-corrected chi connectivity index (χ1v) is 8.78. The van der Waals surface area contributed by atoms with Gasteiger partial charge in [0.05, 0.1) is 6.61 Å². The van der Waals surface area contributed by atoms with E-state index in [-0.39, 0.29) is 5.92 Å². The average molecular weight is 318 g/mol. The van der Waals surface area contributed by atoms with E-state index < -0.39 is 0 Å². The Morgan fingerprint density at radius 1 is 1.13 bits per heavy atom. The van der Waals surface area contributed by atoms with E-state index in [1.54, 1.807) is 0 Å². The number of carbonyl (C=O) groups is 1. The molecule has 2 heterocycles. The van der Waals surface area contributed by atoms with Gasteiger partial charge in [-0.15, -0.1) is 10.2 Å². The molecule has 2 fully saturated rings. The van der Waals surface area contributed by atoms with Crippen molar-refractivity contribution in [3.8, 4) is 5.88 Å². The molecule has 6 nitrogen and oxygen atoms in total. The molecule has 6 heteroatoms. The second kappa shape index (κ2) is 7.62. The average Bonchev–Trinajstić information content (AvgIpc) is 2.63. The number of aromatic nitrogens is 2. The number of anilines is 1. The van der Waals surface area contributed by atoms with E-state index in [2.05, 4.69) is 15.1 Å². The molecule has 0 bridgehead atoms. The van der Waals surface area contributed by atoms with E-state index in [9.17, 15) is 4.79 Å². The van der Waals surface area contributed by atoms with Crippen molar-refractivity contribution < 1.29 is 9.53 Å². The second-order valence-electron chi connectivity index (χ2n) is 6.31. The molecule has 1 saturated heterocycles. The molecular weight excluding hydrogens is 292 g/mol. The molecule has 23 heavy (non-hydrogen) atoms. The number of nitrogens with zero attached hydrogens (tertiary/aromatic N) is 4. The van der Waals surface area contributed by atoms with E-state index in [0.29, 0.717) is 18.4 Å². The summed E-state index contributed by atoms with van der Waals surface area (Å²) in [7, 11) is 0. The molecule has 3 rings (SSSR count). The Balaban J connectivity index is 1.52. The third kappa shape index (κ3) is 3.92. The van der Waals surface area contributed by atoms with E-state index >= 15 is 0 Å². The summed E-state index contributed by atoms with van der Waals surface area (Å²) in [4.78, 5) is 16.8. The summed E-state index contributed by atoms with van der Waals surface area (Å²) in [5.74, 6) is 2.04. The van der Waals surface area contributed by atoms with Gasteiger partial charge < -0.3 is 14.5 Å². The lowest BCUT2D eigenvalue weighted by Crippen LogP contribution is -2.50. The van der Waals surface area contributed by atoms with Gasteiger partial charge in [0, 0.05) is 38.2 Å². The third-order valence-electron chi connectivity index (χ3n) is 4.79. The number of amides is 1. The zero-order valence-corrected chi connectivity index (χ0v) is 13.9. The summed E-state index contributed by atoms with van der Waals surface area (Å²) < 4.78 is 5.32. The van der Waals surface area contributed by atoms with Crippen LogP contribution in [0.3, 0.4) is 0 Å². The number of piperazine rings is 1. The van der Waals surface area contributed by atoms with Crippen molar-refractivity contribution >= 4 is 11.7 Å². The van der Waals surface area contributed by atoms with Gasteiger partial charge in [0.25, 0.3) is 0 Å². The van der Waals surface area contributed by atoms with Crippen LogP contribution in [0.25, 0.3) is 0 Å². The number of hydrogen-bond donors (Lipinski definition) is 0. The van der Waals surface area contributed by atoms with Crippen LogP contribution in [0, 0.1) is 5.92 Å². The highest BCUT2D eigenvalue weighted by Crippen LogP contribution is 2.26. The standard InChI is InChI=1S/C17H26N4O2/c1-2-23-16-9-8-15(18-19-16)20-10-12-21(13-11-20)17(22)14-6-4-3-5-7-14/h8-9,14H,2-7,10-13H2,1H3. The first-order valence-electron chi connectivity index (χ1n) is 8.78. The van der Waals surface area contributed by atoms with Crippen molar-refractivity contribution in [1.82, 2.24) is 15.1 Å². The highest BCUT2D eigenvalue weighted by atomic mass is 16.5. The fraction of sp³-hybridized carbons (Fsp3) is 0.706. The molecular formula is C17H26N4O2. The van der Waals surface area contributed by atoms with Crippen molar-refractivity contribution in [2.45, 2.75) is 39.0 Å². The Morgan fingerprint density at radius 3 is 2.48 bits per heavy atom. The minimum absolute atomic E-state index is 0.264. The van der Waals surface area contributed by atoms with Crippen LogP contribution in [0.4, 0.5) is 5.82 Å². The lowest BCUT2D eigenvalue weighted by atomic mass is 9.88. The fourth-order valence-corrected chi connectivity index (χ4v) is 3.47. The first-order chi connectivity index (χ1) is 11.3. The summed E-state index contributed by atoms with van der Waals surface area (Å²) in [6, 6.07) is 3.79. The molecule has 1 aliphatic carbocycles. The van der Waals surface area contributed by atoms with E-state index in [1.807, 2.05) is 24.0 Å². The quantitative estimate of drug-likeness (QED) is 0.851. The van der Waals surface area contributed by atoms with Crippen molar-refractivity contribution in [2.75, 3.05) is 37.7 Å². The van der Waals surface area contributed by atoms with Crippen LogP contribution in [0.2, 0.25) is 0 Å². The summed E-state index contributed by atoms with van der Waals surface area (Å²) in [6.45, 7) is 5.73. The first kappa shape index (κ1) is 16.0. The molecule has 2 aliphatic rings. The van der Waals surface area contributed by atoms with Gasteiger partial charge in [0.15, 0.2) is 5.82 Å². The van der Waals surface area contributed by atoms with E-state index in [0.717, 1.165) is 44.8 Å². The molecule has 1 saturated carbocycles. The molecule has 0 spiro atoms. The number of carbonyl (C=O) groups excluding carboxylic acids is 1. The smallest absolute Gasteiger partial charge is 0.233 e. The van der Waals surface area contributed by atoms with Crippen molar-refractivity contribution in [1.29, 1.82) is 0 Å². The van der Waals surface area contributed by atoms with Gasteiger partial charge in [-0.05, 0) is 25.8 Å². The van der Waals surface area contributed by atoms with Gasteiger partial charge in [-0.3, -0.25) is 4.79 Å². The Kier molecular flexibility index (Phi) is 5.31. The molecule has 1 aliphatic heterocycles. The fourth-order valence-electron chi connectivity index (χ4n) is 3.47. The van der Waals surface area contributed by atoms with Crippen LogP contribution in [0.1, 0.15) is 39.0 Å². The highest BCUT2D eigenvalue weighted by Gasteiger charge is 2.28. The predicted molar refractivity (Wildman–Crippen MR) is 88.6 cm³/mol. The highest BCUT2D eigenvalue weighted by molar-refractivity contribution is 5.79. The predicted octanol–water partition coefficient (Wildman–Crippen LogP) is 2.10. The molecule has 1 aromatic rings. The van der Waals surface area contributed by atoms with Gasteiger partial charge in [0.1, 0.15) is 0 Å². The summed E-state index contributed by atoms with van der Waals surface area (Å²) >= 11 is 0. The van der Waals surface area contributed by atoms with Crippen LogP contribution in [-0.4, -0.2) is 53.8 Å². The van der Waals surface area contributed by atoms with Crippen LogP contribution in [0.15, 0.2) is 12.1 Å². The molecule has 0 N–H and O–H groups in total. The molecule has 0 radical (unpaired) electrons. The van der Waals surface area contributed by atoms with E-state index in [1.165, 1.54) is 19.3 Å². The zero-order valence-electron chi connectivity index (χ0n) is 13.9. The monoisotopic (exact) mass is 318 g/mol. The summed E-state index contributed by atoms with van der Waals surface area (Å²) in [6.07, 6.45) is 5.84. The Labute approximate surface area is 137 Å². The number of ether oxygens (including phenoxy) is 1. The topological polar surface area (TPSA) is 58.6 Å². The van der Waals surface area contributed by atoms with Crippen molar-refractivity contribution in [3.05, 3.63) is 12.1 Å². The van der Waals surface area contributed by atoms with Crippen molar-refractivity contribution in [2.24, 2.45) is 5.92 Å². The number of hydrogen-bond acceptors (Lipinski definition) is 5. The van der Waals surface area contributed by atoms with Gasteiger partial charge >= 0.3 is 0 Å². The lowest BCUT2D eigenvalue weighted by Gasteiger charge is -2.37. The Morgan fingerprint density at radius 2 is 1.87 bits per heavy atom. The van der Waals surface area contributed by atoms with Gasteiger partial charge in [-0.25, -0.2) is 0 Å². The minimum atomic E-state index is 0.264. The van der Waals surface area contributed by atoms with Crippen LogP contribution >= 0.6 is 0 Å². The Bertz CT molecular complexity index is 506. The molecule has 0 atom stereocenters. The third-order valence-corrected chi connectivity index (χ3v) is 4.79. The molecule has 0 unspecified atom stereocenters. The maximum absolute atomic E-state index is 12.6. The maximum atomic E-state index is 12.6. The molecule has 0 aromatic carbocycles.